The van der Waals surface area contributed by atoms with Crippen molar-refractivity contribution >= 4 is 35.0 Å². The third kappa shape index (κ3) is 2.13. The zero-order valence-corrected chi connectivity index (χ0v) is 8.86. The molecule has 1 fully saturated rings. The third-order valence-corrected chi connectivity index (χ3v) is 3.16. The molecule has 1 unspecified atom stereocenters. The minimum absolute atomic E-state index is 0.0551. The van der Waals surface area contributed by atoms with E-state index < -0.39 is 0 Å². The summed E-state index contributed by atoms with van der Waals surface area (Å²) in [5.74, 6) is 0.557. The molecule has 0 spiro atoms. The molecule has 1 aromatic rings. The van der Waals surface area contributed by atoms with Gasteiger partial charge in [0.25, 0.3) is 0 Å². The SMILES string of the molecule is O=C1CSC(Nc2ccccc2Cl)N1. The predicted molar refractivity (Wildman–Crippen MR) is 59.5 cm³/mol. The molecule has 1 aliphatic rings. The molecule has 14 heavy (non-hydrogen) atoms. The molecule has 0 radical (unpaired) electrons. The van der Waals surface area contributed by atoms with Gasteiger partial charge in [-0.15, -0.1) is 11.8 Å². The summed E-state index contributed by atoms with van der Waals surface area (Å²) in [5.41, 5.74) is 0.774. The van der Waals surface area contributed by atoms with Crippen LogP contribution in [0.15, 0.2) is 24.3 Å². The maximum Gasteiger partial charge on any atom is 0.232 e. The van der Waals surface area contributed by atoms with Crippen molar-refractivity contribution in [2.24, 2.45) is 0 Å². The van der Waals surface area contributed by atoms with Crippen LogP contribution < -0.4 is 10.6 Å². The second kappa shape index (κ2) is 4.11. The van der Waals surface area contributed by atoms with Gasteiger partial charge in [0.15, 0.2) is 0 Å². The fourth-order valence-electron chi connectivity index (χ4n) is 1.19. The van der Waals surface area contributed by atoms with Crippen LogP contribution in [0.3, 0.4) is 0 Å². The summed E-state index contributed by atoms with van der Waals surface area (Å²) in [6.45, 7) is 0. The number of rotatable bonds is 2. The highest BCUT2D eigenvalue weighted by molar-refractivity contribution is 8.01. The lowest BCUT2D eigenvalue weighted by Gasteiger charge is -2.13. The molecule has 2 rings (SSSR count). The van der Waals surface area contributed by atoms with Crippen molar-refractivity contribution < 1.29 is 4.79 Å². The lowest BCUT2D eigenvalue weighted by atomic mass is 10.3. The smallest absolute Gasteiger partial charge is 0.232 e. The van der Waals surface area contributed by atoms with Crippen LogP contribution in [-0.2, 0) is 4.79 Å². The topological polar surface area (TPSA) is 41.1 Å². The third-order valence-electron chi connectivity index (χ3n) is 1.83. The quantitative estimate of drug-likeness (QED) is 0.813. The van der Waals surface area contributed by atoms with Crippen LogP contribution in [0.2, 0.25) is 5.02 Å². The molecule has 1 aromatic carbocycles. The van der Waals surface area contributed by atoms with E-state index in [1.807, 2.05) is 24.3 Å². The number of carbonyl (C=O) groups is 1. The molecule has 0 aromatic heterocycles. The monoisotopic (exact) mass is 228 g/mol. The van der Waals surface area contributed by atoms with Crippen molar-refractivity contribution in [2.75, 3.05) is 11.1 Å². The van der Waals surface area contributed by atoms with E-state index in [0.717, 1.165) is 5.69 Å². The summed E-state index contributed by atoms with van der Waals surface area (Å²) < 4.78 is 0. The van der Waals surface area contributed by atoms with Gasteiger partial charge < -0.3 is 10.6 Å². The number of thioether (sulfide) groups is 1. The van der Waals surface area contributed by atoms with Gasteiger partial charge in [-0.3, -0.25) is 4.79 Å². The number of amides is 1. The second-order valence-electron chi connectivity index (χ2n) is 2.88. The Morgan fingerprint density at radius 1 is 1.50 bits per heavy atom. The Labute approximate surface area is 91.2 Å². The molecule has 74 valence electrons. The Morgan fingerprint density at radius 2 is 2.29 bits per heavy atom. The van der Waals surface area contributed by atoms with Gasteiger partial charge in [-0.05, 0) is 12.1 Å². The van der Waals surface area contributed by atoms with Crippen molar-refractivity contribution in [3.8, 4) is 0 Å². The van der Waals surface area contributed by atoms with Gasteiger partial charge in [-0.25, -0.2) is 0 Å². The largest absolute Gasteiger partial charge is 0.356 e. The number of nitrogens with one attached hydrogen (secondary N) is 2. The number of carbonyl (C=O) groups excluding carboxylic acids is 1. The molecule has 0 saturated carbocycles. The Morgan fingerprint density at radius 3 is 2.93 bits per heavy atom. The molecule has 1 atom stereocenters. The minimum atomic E-state index is -0.0672. The Kier molecular flexibility index (Phi) is 2.84. The van der Waals surface area contributed by atoms with Gasteiger partial charge in [0, 0.05) is 0 Å². The summed E-state index contributed by atoms with van der Waals surface area (Å²) in [7, 11) is 0. The van der Waals surface area contributed by atoms with E-state index in [0.29, 0.717) is 10.8 Å². The molecule has 1 heterocycles. The standard InChI is InChI=1S/C9H9ClN2OS/c10-6-3-1-2-4-7(6)11-9-12-8(13)5-14-9/h1-4,9,11H,5H2,(H,12,13). The summed E-state index contributed by atoms with van der Waals surface area (Å²) in [5, 5.41) is 6.58. The first-order chi connectivity index (χ1) is 6.75. The molecule has 3 nitrogen and oxygen atoms in total. The number of halogens is 1. The van der Waals surface area contributed by atoms with E-state index in [1.54, 1.807) is 0 Å². The average molecular weight is 229 g/mol. The van der Waals surface area contributed by atoms with Gasteiger partial charge in [-0.1, -0.05) is 23.7 Å². The van der Waals surface area contributed by atoms with E-state index in [1.165, 1.54) is 11.8 Å². The van der Waals surface area contributed by atoms with Crippen molar-refractivity contribution in [1.29, 1.82) is 0 Å². The predicted octanol–water partition coefficient (Wildman–Crippen LogP) is 1.90. The van der Waals surface area contributed by atoms with Crippen LogP contribution in [-0.4, -0.2) is 17.2 Å². The van der Waals surface area contributed by atoms with E-state index in [9.17, 15) is 4.79 Å². The first-order valence-electron chi connectivity index (χ1n) is 4.18. The number of hydrogen-bond donors (Lipinski definition) is 2. The molecular formula is C9H9ClN2OS. The molecule has 1 aliphatic heterocycles. The molecule has 1 saturated heterocycles. The van der Waals surface area contributed by atoms with Crippen molar-refractivity contribution in [3.05, 3.63) is 29.3 Å². The first-order valence-corrected chi connectivity index (χ1v) is 5.60. The summed E-state index contributed by atoms with van der Waals surface area (Å²) in [4.78, 5) is 10.9. The van der Waals surface area contributed by atoms with Crippen LogP contribution in [0.4, 0.5) is 5.69 Å². The maximum absolute atomic E-state index is 10.9. The average Bonchev–Trinajstić information content (AvgIpc) is 2.56. The highest BCUT2D eigenvalue weighted by atomic mass is 35.5. The van der Waals surface area contributed by atoms with Gasteiger partial charge in [-0.2, -0.15) is 0 Å². The van der Waals surface area contributed by atoms with Crippen LogP contribution in [0.25, 0.3) is 0 Å². The van der Waals surface area contributed by atoms with Gasteiger partial charge >= 0.3 is 0 Å². The van der Waals surface area contributed by atoms with E-state index >= 15 is 0 Å². The molecular weight excluding hydrogens is 220 g/mol. The van der Waals surface area contributed by atoms with Crippen LogP contribution in [0, 0.1) is 0 Å². The highest BCUT2D eigenvalue weighted by Gasteiger charge is 2.21. The fraction of sp³-hybridized carbons (Fsp3) is 0.222. The van der Waals surface area contributed by atoms with Crippen LogP contribution >= 0.6 is 23.4 Å². The number of hydrogen-bond acceptors (Lipinski definition) is 3. The van der Waals surface area contributed by atoms with Crippen molar-refractivity contribution in [3.63, 3.8) is 0 Å². The molecule has 2 N–H and O–H groups in total. The molecule has 0 bridgehead atoms. The number of anilines is 1. The van der Waals surface area contributed by atoms with Crippen LogP contribution in [0.5, 0.6) is 0 Å². The van der Waals surface area contributed by atoms with E-state index in [-0.39, 0.29) is 11.4 Å². The zero-order valence-electron chi connectivity index (χ0n) is 7.29. The fourth-order valence-corrected chi connectivity index (χ4v) is 2.20. The van der Waals surface area contributed by atoms with Crippen molar-refractivity contribution in [2.45, 2.75) is 5.50 Å². The van der Waals surface area contributed by atoms with Gasteiger partial charge in [0.05, 0.1) is 16.5 Å². The Bertz CT molecular complexity index is 358. The van der Waals surface area contributed by atoms with Crippen LogP contribution in [0.1, 0.15) is 0 Å². The Hall–Kier alpha value is -0.870. The van der Waals surface area contributed by atoms with E-state index in [4.69, 9.17) is 11.6 Å². The molecule has 5 heteroatoms. The van der Waals surface area contributed by atoms with Crippen molar-refractivity contribution in [1.82, 2.24) is 5.32 Å². The first kappa shape index (κ1) is 9.68. The minimum Gasteiger partial charge on any atom is -0.356 e. The molecule has 1 amide bonds. The lowest BCUT2D eigenvalue weighted by Crippen LogP contribution is -2.31. The zero-order chi connectivity index (χ0) is 9.97. The van der Waals surface area contributed by atoms with Gasteiger partial charge in [0.2, 0.25) is 5.91 Å². The Balaban J connectivity index is 2.04. The normalized spacial score (nSPS) is 20.6. The number of benzene rings is 1. The summed E-state index contributed by atoms with van der Waals surface area (Å²) in [6, 6.07) is 7.46. The number of para-hydroxylation sites is 1. The highest BCUT2D eigenvalue weighted by Crippen LogP contribution is 2.24. The second-order valence-corrected chi connectivity index (χ2v) is 4.38. The maximum atomic E-state index is 10.9. The summed E-state index contributed by atoms with van der Waals surface area (Å²) >= 11 is 7.48. The summed E-state index contributed by atoms with van der Waals surface area (Å²) in [6.07, 6.45) is 0. The molecule has 0 aliphatic carbocycles. The van der Waals surface area contributed by atoms with Gasteiger partial charge in [0.1, 0.15) is 5.50 Å². The lowest BCUT2D eigenvalue weighted by molar-refractivity contribution is -0.118. The van der Waals surface area contributed by atoms with E-state index in [2.05, 4.69) is 10.6 Å².